The number of carbonyl (C=O) groups excluding carboxylic acids is 2. The number of nitrogens with zero attached hydrogens (tertiary/aromatic N) is 2. The summed E-state index contributed by atoms with van der Waals surface area (Å²) in [5, 5.41) is 13.9. The van der Waals surface area contributed by atoms with Crippen LogP contribution in [0, 0.1) is 11.3 Å². The van der Waals surface area contributed by atoms with Gasteiger partial charge in [-0.2, -0.15) is 5.26 Å². The molecule has 196 valence electrons. The molecule has 2 heterocycles. The third kappa shape index (κ3) is 5.90. The van der Waals surface area contributed by atoms with E-state index < -0.39 is 0 Å². The fraction of sp³-hybridized carbons (Fsp3) is 0.0625. The Balaban J connectivity index is 1.44. The van der Waals surface area contributed by atoms with Crippen LogP contribution in [-0.4, -0.2) is 23.5 Å². The number of amides is 1. The normalized spacial score (nSPS) is 11.1. The molecule has 0 fully saturated rings. The van der Waals surface area contributed by atoms with Crippen LogP contribution in [-0.2, 0) is 4.74 Å². The molecule has 7 nitrogen and oxygen atoms in total. The Hall–Kier alpha value is -5.26. The fourth-order valence-electron chi connectivity index (χ4n) is 3.93. The van der Waals surface area contributed by atoms with Gasteiger partial charge in [0.1, 0.15) is 33.3 Å². The number of esters is 1. The summed E-state index contributed by atoms with van der Waals surface area (Å²) in [5.41, 5.74) is 3.44. The van der Waals surface area contributed by atoms with Gasteiger partial charge in [0.25, 0.3) is 5.91 Å². The summed E-state index contributed by atoms with van der Waals surface area (Å²) in [4.78, 5) is 29.6. The molecular weight excluding hydrogens is 522 g/mol. The lowest BCUT2D eigenvalue weighted by molar-refractivity contribution is 0.0526. The summed E-state index contributed by atoms with van der Waals surface area (Å²) >= 11 is 1.22. The molecule has 2 aromatic heterocycles. The first-order valence-corrected chi connectivity index (χ1v) is 13.3. The third-order valence-corrected chi connectivity index (χ3v) is 6.89. The summed E-state index contributed by atoms with van der Waals surface area (Å²) < 4.78 is 11.0. The summed E-state index contributed by atoms with van der Waals surface area (Å²) in [6.07, 6.45) is 1.62. The Labute approximate surface area is 235 Å². The molecule has 0 saturated heterocycles. The van der Waals surface area contributed by atoms with Crippen LogP contribution in [0.1, 0.15) is 38.4 Å². The van der Waals surface area contributed by atoms with Crippen molar-refractivity contribution in [2.45, 2.75) is 6.92 Å². The number of aromatic nitrogens is 1. The number of anilines is 1. The van der Waals surface area contributed by atoms with Gasteiger partial charge in [-0.05, 0) is 43.3 Å². The maximum Gasteiger partial charge on any atom is 0.338 e. The van der Waals surface area contributed by atoms with Crippen LogP contribution in [0.3, 0.4) is 0 Å². The zero-order chi connectivity index (χ0) is 27.9. The van der Waals surface area contributed by atoms with Gasteiger partial charge < -0.3 is 14.5 Å². The molecule has 0 saturated carbocycles. The van der Waals surface area contributed by atoms with Crippen LogP contribution >= 0.6 is 11.3 Å². The highest BCUT2D eigenvalue weighted by Gasteiger charge is 2.19. The Morgan fingerprint density at radius 3 is 2.30 bits per heavy atom. The molecule has 0 unspecified atom stereocenters. The van der Waals surface area contributed by atoms with Crippen molar-refractivity contribution in [2.24, 2.45) is 0 Å². The van der Waals surface area contributed by atoms with E-state index >= 15 is 0 Å². The van der Waals surface area contributed by atoms with E-state index in [4.69, 9.17) is 14.1 Å². The van der Waals surface area contributed by atoms with Crippen molar-refractivity contribution >= 4 is 39.9 Å². The maximum absolute atomic E-state index is 12.9. The first kappa shape index (κ1) is 26.4. The average molecular weight is 546 g/mol. The Morgan fingerprint density at radius 2 is 1.62 bits per heavy atom. The Morgan fingerprint density at radius 1 is 0.925 bits per heavy atom. The van der Waals surface area contributed by atoms with Gasteiger partial charge in [0.2, 0.25) is 0 Å². The number of rotatable bonds is 8. The lowest BCUT2D eigenvalue weighted by Crippen LogP contribution is -2.11. The molecular formula is C32H23N3O4S. The summed E-state index contributed by atoms with van der Waals surface area (Å²) in [6, 6.07) is 31.1. The first-order valence-electron chi connectivity index (χ1n) is 12.5. The van der Waals surface area contributed by atoms with Crippen molar-refractivity contribution in [2.75, 3.05) is 11.9 Å². The molecule has 0 spiro atoms. The number of thiazole rings is 1. The van der Waals surface area contributed by atoms with E-state index in [1.54, 1.807) is 73.7 Å². The smallest absolute Gasteiger partial charge is 0.338 e. The van der Waals surface area contributed by atoms with Crippen LogP contribution in [0.2, 0.25) is 0 Å². The molecule has 0 bridgehead atoms. The molecule has 0 radical (unpaired) electrons. The molecule has 40 heavy (non-hydrogen) atoms. The summed E-state index contributed by atoms with van der Waals surface area (Å²) in [5.74, 6) is 0.403. The highest BCUT2D eigenvalue weighted by molar-refractivity contribution is 7.17. The number of nitriles is 1. The number of carbonyl (C=O) groups is 2. The molecule has 5 aromatic rings. The zero-order valence-electron chi connectivity index (χ0n) is 21.5. The zero-order valence-corrected chi connectivity index (χ0v) is 22.3. The number of furan rings is 1. The van der Waals surface area contributed by atoms with Crippen molar-refractivity contribution in [3.05, 3.63) is 119 Å². The molecule has 0 aliphatic rings. The second kappa shape index (κ2) is 12.1. The maximum atomic E-state index is 12.9. The van der Waals surface area contributed by atoms with E-state index in [2.05, 4.69) is 11.4 Å². The number of benzene rings is 3. The average Bonchev–Trinajstić information content (AvgIpc) is 3.64. The van der Waals surface area contributed by atoms with E-state index in [1.165, 1.54) is 11.3 Å². The molecule has 5 rings (SSSR count). The Kier molecular flexibility index (Phi) is 7.95. The fourth-order valence-corrected chi connectivity index (χ4v) is 4.88. The van der Waals surface area contributed by atoms with Crippen LogP contribution in [0.5, 0.6) is 0 Å². The number of hydrogen-bond donors (Lipinski definition) is 1. The Bertz CT molecular complexity index is 1710. The number of allylic oxidation sites excluding steroid dienone is 1. The van der Waals surface area contributed by atoms with Gasteiger partial charge in [-0.15, -0.1) is 0 Å². The first-order chi connectivity index (χ1) is 19.6. The highest BCUT2D eigenvalue weighted by atomic mass is 32.1. The summed E-state index contributed by atoms with van der Waals surface area (Å²) in [6.45, 7) is 2.07. The van der Waals surface area contributed by atoms with Crippen LogP contribution < -0.4 is 5.32 Å². The number of nitrogens with one attached hydrogen (secondary N) is 1. The van der Waals surface area contributed by atoms with Crippen molar-refractivity contribution in [3.63, 3.8) is 0 Å². The van der Waals surface area contributed by atoms with E-state index in [9.17, 15) is 14.9 Å². The monoisotopic (exact) mass is 545 g/mol. The molecule has 1 N–H and O–H groups in total. The van der Waals surface area contributed by atoms with Gasteiger partial charge in [0.05, 0.1) is 17.7 Å². The van der Waals surface area contributed by atoms with Gasteiger partial charge in [0.15, 0.2) is 0 Å². The van der Waals surface area contributed by atoms with E-state index in [0.717, 1.165) is 11.1 Å². The van der Waals surface area contributed by atoms with Crippen molar-refractivity contribution < 1.29 is 18.7 Å². The van der Waals surface area contributed by atoms with Gasteiger partial charge >= 0.3 is 5.97 Å². The molecule has 0 aliphatic carbocycles. The largest absolute Gasteiger partial charge is 0.462 e. The molecule has 8 heteroatoms. The van der Waals surface area contributed by atoms with Crippen LogP contribution in [0.25, 0.3) is 34.2 Å². The van der Waals surface area contributed by atoms with Crippen LogP contribution in [0.15, 0.2) is 101 Å². The third-order valence-electron chi connectivity index (χ3n) is 5.88. The van der Waals surface area contributed by atoms with Gasteiger partial charge in [0, 0.05) is 22.8 Å². The quantitative estimate of drug-likeness (QED) is 0.159. The second-order valence-corrected chi connectivity index (χ2v) is 9.55. The lowest BCUT2D eigenvalue weighted by Gasteiger charge is -2.05. The minimum Gasteiger partial charge on any atom is -0.462 e. The summed E-state index contributed by atoms with van der Waals surface area (Å²) in [7, 11) is 0. The molecule has 0 atom stereocenters. The predicted molar refractivity (Wildman–Crippen MR) is 156 cm³/mol. The molecule has 1 amide bonds. The number of ether oxygens (including phenoxy) is 1. The highest BCUT2D eigenvalue weighted by Crippen LogP contribution is 2.37. The predicted octanol–water partition coefficient (Wildman–Crippen LogP) is 7.56. The van der Waals surface area contributed by atoms with Crippen molar-refractivity contribution in [1.29, 1.82) is 5.26 Å². The van der Waals surface area contributed by atoms with Crippen LogP contribution in [0.4, 0.5) is 5.00 Å². The number of hydrogen-bond acceptors (Lipinski definition) is 7. The molecule has 0 aliphatic heterocycles. The van der Waals surface area contributed by atoms with E-state index in [0.29, 0.717) is 50.5 Å². The van der Waals surface area contributed by atoms with Gasteiger partial charge in [-0.1, -0.05) is 72.0 Å². The van der Waals surface area contributed by atoms with E-state index in [-0.39, 0.29) is 11.9 Å². The standard InChI is InChI=1S/C32H23N3O4S/c1-2-38-32(37)24-15-13-21(14-16-24)27-18-17-26(39-27)19-25(20-33)30-34-28(22-9-5-3-6-10-22)31(40-30)35-29(36)23-11-7-4-8-12-23/h3-19H,2H2,1H3,(H,35,36). The molecule has 3 aromatic carbocycles. The van der Waals surface area contributed by atoms with Gasteiger partial charge in [-0.3, -0.25) is 4.79 Å². The second-order valence-electron chi connectivity index (χ2n) is 8.55. The lowest BCUT2D eigenvalue weighted by atomic mass is 10.1. The van der Waals surface area contributed by atoms with Crippen molar-refractivity contribution in [3.8, 4) is 28.7 Å². The topological polar surface area (TPSA) is 105 Å². The van der Waals surface area contributed by atoms with Gasteiger partial charge in [-0.25, -0.2) is 9.78 Å². The van der Waals surface area contributed by atoms with E-state index in [1.807, 2.05) is 36.4 Å². The minimum absolute atomic E-state index is 0.264. The minimum atomic E-state index is -0.381. The van der Waals surface area contributed by atoms with Crippen molar-refractivity contribution in [1.82, 2.24) is 4.98 Å². The SMILES string of the molecule is CCOC(=O)c1ccc(-c2ccc(C=C(C#N)c3nc(-c4ccccc4)c(NC(=O)c4ccccc4)s3)o2)cc1.